The molecule has 3 rings (SSSR count). The van der Waals surface area contributed by atoms with Crippen molar-refractivity contribution in [1.29, 1.82) is 0 Å². The highest BCUT2D eigenvalue weighted by molar-refractivity contribution is 7.17. The molecule has 0 atom stereocenters. The maximum absolute atomic E-state index is 11.1. The van der Waals surface area contributed by atoms with E-state index in [2.05, 4.69) is 10.2 Å². The first kappa shape index (κ1) is 14.7. The summed E-state index contributed by atoms with van der Waals surface area (Å²) in [6.45, 7) is 0. The Balaban J connectivity index is 1.87. The molecule has 0 saturated carbocycles. The third-order valence-electron chi connectivity index (χ3n) is 3.12. The Morgan fingerprint density at radius 2 is 1.45 bits per heavy atom. The van der Waals surface area contributed by atoms with Gasteiger partial charge in [0.25, 0.3) is 5.24 Å². The number of benzene rings is 2. The first-order valence-electron chi connectivity index (χ1n) is 6.45. The van der Waals surface area contributed by atoms with E-state index < -0.39 is 5.24 Å². The lowest BCUT2D eigenvalue weighted by molar-refractivity contribution is 0.108. The molecule has 0 spiro atoms. The average molecular weight is 331 g/mol. The normalized spacial score (nSPS) is 10.5. The van der Waals surface area contributed by atoms with Crippen LogP contribution in [0.25, 0.3) is 21.1 Å². The number of rotatable bonds is 4. The lowest BCUT2D eigenvalue weighted by Gasteiger charge is -1.99. The predicted molar refractivity (Wildman–Crippen MR) is 87.5 cm³/mol. The van der Waals surface area contributed by atoms with Gasteiger partial charge in [-0.05, 0) is 48.0 Å². The Kier molecular flexibility index (Phi) is 4.18. The van der Waals surface area contributed by atoms with Crippen LogP contribution in [0, 0.1) is 0 Å². The Bertz CT molecular complexity index is 798. The van der Waals surface area contributed by atoms with E-state index in [1.807, 2.05) is 36.4 Å². The number of aromatic nitrogens is 2. The van der Waals surface area contributed by atoms with Crippen LogP contribution in [0.5, 0.6) is 5.75 Å². The van der Waals surface area contributed by atoms with Crippen LogP contribution >= 0.6 is 22.9 Å². The Hall–Kier alpha value is -2.24. The summed E-state index contributed by atoms with van der Waals surface area (Å²) in [5.41, 5.74) is 2.35. The van der Waals surface area contributed by atoms with Crippen molar-refractivity contribution in [1.82, 2.24) is 10.2 Å². The smallest absolute Gasteiger partial charge is 0.252 e. The topological polar surface area (TPSA) is 52.1 Å². The number of methoxy groups -OCH3 is 1. The fourth-order valence-electron chi connectivity index (χ4n) is 1.93. The largest absolute Gasteiger partial charge is 0.497 e. The van der Waals surface area contributed by atoms with Gasteiger partial charge in [0.15, 0.2) is 0 Å². The molecule has 6 heteroatoms. The van der Waals surface area contributed by atoms with Gasteiger partial charge in [0.2, 0.25) is 0 Å². The molecule has 0 aliphatic heterocycles. The zero-order valence-corrected chi connectivity index (χ0v) is 13.2. The average Bonchev–Trinajstić information content (AvgIpc) is 3.05. The highest BCUT2D eigenvalue weighted by atomic mass is 35.5. The molecule has 110 valence electrons. The molecule has 3 aromatic rings. The van der Waals surface area contributed by atoms with Crippen LogP contribution in [0.4, 0.5) is 0 Å². The lowest BCUT2D eigenvalue weighted by atomic mass is 10.1. The van der Waals surface area contributed by atoms with E-state index >= 15 is 0 Å². The third kappa shape index (κ3) is 3.00. The molecule has 0 aliphatic carbocycles. The van der Waals surface area contributed by atoms with Gasteiger partial charge < -0.3 is 4.74 Å². The highest BCUT2D eigenvalue weighted by Crippen LogP contribution is 2.30. The molecule has 0 N–H and O–H groups in total. The summed E-state index contributed by atoms with van der Waals surface area (Å²) in [4.78, 5) is 11.1. The summed E-state index contributed by atoms with van der Waals surface area (Å²) in [6, 6.07) is 14.6. The van der Waals surface area contributed by atoms with Gasteiger partial charge in [-0.1, -0.05) is 23.5 Å². The van der Waals surface area contributed by atoms with Crippen molar-refractivity contribution >= 4 is 28.2 Å². The van der Waals surface area contributed by atoms with Crippen molar-refractivity contribution in [3.05, 3.63) is 54.1 Å². The molecule has 0 unspecified atom stereocenters. The first-order chi connectivity index (χ1) is 10.7. The van der Waals surface area contributed by atoms with Crippen LogP contribution in [-0.2, 0) is 0 Å². The molecule has 0 fully saturated rings. The molecule has 22 heavy (non-hydrogen) atoms. The van der Waals surface area contributed by atoms with Gasteiger partial charge in [-0.25, -0.2) is 0 Å². The van der Waals surface area contributed by atoms with Gasteiger partial charge in [0.05, 0.1) is 7.11 Å². The summed E-state index contributed by atoms with van der Waals surface area (Å²) in [7, 11) is 1.63. The maximum Gasteiger partial charge on any atom is 0.252 e. The SMILES string of the molecule is COc1ccc(-c2nnc(-c3ccc(C(=O)Cl)cc3)s2)cc1. The van der Waals surface area contributed by atoms with Crippen LogP contribution in [0.2, 0.25) is 0 Å². The second-order valence-electron chi connectivity index (χ2n) is 4.49. The minimum absolute atomic E-state index is 0.463. The molecule has 0 saturated heterocycles. The van der Waals surface area contributed by atoms with Crippen molar-refractivity contribution in [2.45, 2.75) is 0 Å². The maximum atomic E-state index is 11.1. The Morgan fingerprint density at radius 3 is 1.91 bits per heavy atom. The monoisotopic (exact) mass is 330 g/mol. The van der Waals surface area contributed by atoms with Crippen LogP contribution < -0.4 is 4.74 Å². The number of halogens is 1. The number of nitrogens with zero attached hydrogens (tertiary/aromatic N) is 2. The van der Waals surface area contributed by atoms with Gasteiger partial charge in [-0.15, -0.1) is 10.2 Å². The number of carbonyl (C=O) groups is 1. The number of ether oxygens (including phenoxy) is 1. The summed E-state index contributed by atoms with van der Waals surface area (Å²) in [6.07, 6.45) is 0. The fourth-order valence-corrected chi connectivity index (χ4v) is 2.91. The molecule has 4 nitrogen and oxygen atoms in total. The summed E-state index contributed by atoms with van der Waals surface area (Å²) in [5, 5.41) is 9.56. The fraction of sp³-hybridized carbons (Fsp3) is 0.0625. The molecule has 0 radical (unpaired) electrons. The summed E-state index contributed by atoms with van der Waals surface area (Å²) < 4.78 is 5.14. The van der Waals surface area contributed by atoms with E-state index in [0.29, 0.717) is 5.56 Å². The van der Waals surface area contributed by atoms with Crippen LogP contribution in [-0.4, -0.2) is 22.5 Å². The zero-order chi connectivity index (χ0) is 15.5. The summed E-state index contributed by atoms with van der Waals surface area (Å²) in [5.74, 6) is 0.801. The standard InChI is InChI=1S/C16H11ClN2O2S/c1-21-13-8-6-12(7-9-13)16-19-18-15(22-16)11-4-2-10(3-5-11)14(17)20/h2-9H,1H3. The van der Waals surface area contributed by atoms with Crippen LogP contribution in [0.3, 0.4) is 0 Å². The van der Waals surface area contributed by atoms with Gasteiger partial charge in [0.1, 0.15) is 15.8 Å². The number of hydrogen-bond acceptors (Lipinski definition) is 5. The van der Waals surface area contributed by atoms with Crippen molar-refractivity contribution in [3.8, 4) is 26.9 Å². The van der Waals surface area contributed by atoms with Crippen molar-refractivity contribution in [3.63, 3.8) is 0 Å². The summed E-state index contributed by atoms with van der Waals surface area (Å²) >= 11 is 6.92. The van der Waals surface area contributed by atoms with Crippen molar-refractivity contribution < 1.29 is 9.53 Å². The van der Waals surface area contributed by atoms with E-state index in [-0.39, 0.29) is 0 Å². The lowest BCUT2D eigenvalue weighted by Crippen LogP contribution is -1.87. The molecule has 2 aromatic carbocycles. The molecule has 0 amide bonds. The molecule has 0 bridgehead atoms. The second-order valence-corrected chi connectivity index (χ2v) is 5.81. The van der Waals surface area contributed by atoms with Crippen molar-refractivity contribution in [2.24, 2.45) is 0 Å². The molecule has 0 aliphatic rings. The number of carbonyl (C=O) groups excluding carboxylic acids is 1. The predicted octanol–water partition coefficient (Wildman–Crippen LogP) is 4.26. The minimum atomic E-state index is -0.470. The van der Waals surface area contributed by atoms with Gasteiger partial charge in [-0.3, -0.25) is 4.79 Å². The van der Waals surface area contributed by atoms with E-state index in [1.165, 1.54) is 11.3 Å². The zero-order valence-electron chi connectivity index (χ0n) is 11.6. The van der Waals surface area contributed by atoms with Gasteiger partial charge in [0, 0.05) is 16.7 Å². The molecular formula is C16H11ClN2O2S. The van der Waals surface area contributed by atoms with Gasteiger partial charge in [-0.2, -0.15) is 0 Å². The van der Waals surface area contributed by atoms with Crippen molar-refractivity contribution in [2.75, 3.05) is 7.11 Å². The van der Waals surface area contributed by atoms with Gasteiger partial charge >= 0.3 is 0 Å². The van der Waals surface area contributed by atoms with E-state index in [0.717, 1.165) is 26.9 Å². The molecular weight excluding hydrogens is 320 g/mol. The van der Waals surface area contributed by atoms with Crippen LogP contribution in [0.15, 0.2) is 48.5 Å². The molecule has 1 heterocycles. The third-order valence-corrected chi connectivity index (χ3v) is 4.36. The second kappa shape index (κ2) is 6.25. The Morgan fingerprint density at radius 1 is 0.955 bits per heavy atom. The van der Waals surface area contributed by atoms with E-state index in [1.54, 1.807) is 19.2 Å². The first-order valence-corrected chi connectivity index (χ1v) is 7.65. The molecule has 1 aromatic heterocycles. The minimum Gasteiger partial charge on any atom is -0.497 e. The van der Waals surface area contributed by atoms with Crippen LogP contribution in [0.1, 0.15) is 10.4 Å². The quantitative estimate of drug-likeness (QED) is 0.671. The van der Waals surface area contributed by atoms with E-state index in [9.17, 15) is 4.79 Å². The van der Waals surface area contributed by atoms with E-state index in [4.69, 9.17) is 16.3 Å². The number of hydrogen-bond donors (Lipinski definition) is 0. The highest BCUT2D eigenvalue weighted by Gasteiger charge is 2.09. The Labute approximate surface area is 136 Å².